The Hall–Kier alpha value is -4.11. The Morgan fingerprint density at radius 1 is 0.786 bits per heavy atom. The molecule has 4 rings (SSSR count). The van der Waals surface area contributed by atoms with Crippen molar-refractivity contribution in [3.8, 4) is 17.2 Å². The molecule has 0 aliphatic rings. The van der Waals surface area contributed by atoms with Crippen LogP contribution in [-0.2, 0) is 63.5 Å². The summed E-state index contributed by atoms with van der Waals surface area (Å²) < 4.78 is 95.0. The van der Waals surface area contributed by atoms with Gasteiger partial charge in [-0.15, -0.1) is 24.0 Å². The molecule has 304 valence electrons. The minimum Gasteiger partial charge on any atom is -0.505 e. The third kappa shape index (κ3) is 12.4. The van der Waals surface area contributed by atoms with Crippen molar-refractivity contribution in [1.82, 2.24) is 0 Å². The molecular formula is C28H29N5O18S5. The van der Waals surface area contributed by atoms with Gasteiger partial charge in [0, 0.05) is 22.9 Å². The Morgan fingerprint density at radius 2 is 1.48 bits per heavy atom. The quantitative estimate of drug-likeness (QED) is 0.0114. The van der Waals surface area contributed by atoms with E-state index in [9.17, 15) is 26.2 Å². The molecule has 56 heavy (non-hydrogen) atoms. The van der Waals surface area contributed by atoms with Gasteiger partial charge in [0.05, 0.1) is 89.1 Å². The monoisotopic (exact) mass is 883 g/mol. The highest BCUT2D eigenvalue weighted by Crippen LogP contribution is 2.48. The molecule has 0 aliphatic carbocycles. The van der Waals surface area contributed by atoms with E-state index in [1.54, 1.807) is 0 Å². The number of phenols is 1. The molecule has 0 spiro atoms. The standard InChI is InChI=1S/C28H29N5O18S5/c1-43-22-15-24(52-49-45-9-11-54(37)51-48-36)23(44-2)14-21(22)31-33-27-25(53-50-47-35)13-19-18(28(27)34)7-8-20(29)26(19)32-30-16-3-5-17(6-4-16)55(38,39)12-10-46-56(40,41)42/h3-8,13-15,34-36H,9-12,29H2,1-2H3,(H,40,41,42). The number of rotatable bonds is 22. The summed E-state index contributed by atoms with van der Waals surface area (Å²) in [5.41, 5.74) is 6.55. The first kappa shape index (κ1) is 44.6. The molecule has 0 saturated heterocycles. The number of fused-ring (bicyclic) bond motifs is 1. The highest BCUT2D eigenvalue weighted by atomic mass is 32.3. The molecule has 0 heterocycles. The summed E-state index contributed by atoms with van der Waals surface area (Å²) in [6.45, 7) is -0.995. The molecule has 23 nitrogen and oxygen atoms in total. The van der Waals surface area contributed by atoms with Gasteiger partial charge in [0.1, 0.15) is 28.6 Å². The van der Waals surface area contributed by atoms with E-state index in [2.05, 4.69) is 43.4 Å². The number of sulfone groups is 1. The summed E-state index contributed by atoms with van der Waals surface area (Å²) in [5.74, 6) is -0.946. The summed E-state index contributed by atoms with van der Waals surface area (Å²) in [6, 6.07) is 12.3. The third-order valence-corrected chi connectivity index (χ3v) is 10.9. The Kier molecular flexibility index (Phi) is 16.6. The molecule has 4 aromatic carbocycles. The van der Waals surface area contributed by atoms with Crippen molar-refractivity contribution >= 4 is 94.6 Å². The Balaban J connectivity index is 1.62. The number of hydrogen-bond donors (Lipinski definition) is 5. The summed E-state index contributed by atoms with van der Waals surface area (Å²) in [4.78, 5) is 5.15. The van der Waals surface area contributed by atoms with Crippen molar-refractivity contribution in [2.75, 3.05) is 44.7 Å². The van der Waals surface area contributed by atoms with E-state index < -0.39 is 49.4 Å². The molecule has 0 amide bonds. The lowest BCUT2D eigenvalue weighted by Crippen LogP contribution is -2.15. The van der Waals surface area contributed by atoms with Crippen LogP contribution < -0.4 is 15.2 Å². The molecule has 6 N–H and O–H groups in total. The number of nitrogen functional groups attached to an aromatic ring is 1. The molecule has 0 fully saturated rings. The first-order valence-corrected chi connectivity index (χ1v) is 20.6. The maximum atomic E-state index is 12.5. The first-order valence-electron chi connectivity index (χ1n) is 14.8. The summed E-state index contributed by atoms with van der Waals surface area (Å²) in [6.07, 6.45) is 0. The van der Waals surface area contributed by atoms with Crippen molar-refractivity contribution in [2.24, 2.45) is 20.5 Å². The molecule has 0 radical (unpaired) electrons. The summed E-state index contributed by atoms with van der Waals surface area (Å²) >= 11 is -0.822. The van der Waals surface area contributed by atoms with Crippen LogP contribution in [0.4, 0.5) is 28.4 Å². The molecule has 28 heteroatoms. The molecule has 0 aliphatic heterocycles. The number of nitrogens with two attached hydrogens (primary N) is 1. The topological polar surface area (TPSA) is 325 Å². The zero-order valence-corrected chi connectivity index (χ0v) is 32.5. The van der Waals surface area contributed by atoms with E-state index in [4.69, 9.17) is 39.5 Å². The van der Waals surface area contributed by atoms with Crippen molar-refractivity contribution < 1.29 is 82.8 Å². The smallest absolute Gasteiger partial charge is 0.397 e. The van der Waals surface area contributed by atoms with Gasteiger partial charge in [0.25, 0.3) is 0 Å². The van der Waals surface area contributed by atoms with E-state index in [1.807, 2.05) is 0 Å². The average Bonchev–Trinajstić information content (AvgIpc) is 3.15. The van der Waals surface area contributed by atoms with Crippen LogP contribution in [0.1, 0.15) is 0 Å². The molecular weight excluding hydrogens is 855 g/mol. The number of hydrogen-bond acceptors (Lipinski definition) is 24. The number of benzene rings is 4. The van der Waals surface area contributed by atoms with Crippen LogP contribution in [0.2, 0.25) is 0 Å². The van der Waals surface area contributed by atoms with Gasteiger partial charge in [-0.05, 0) is 42.5 Å². The number of nitrogens with zero attached hydrogens (tertiary/aromatic N) is 4. The second-order valence-corrected chi connectivity index (χ2v) is 16.0. The lowest BCUT2D eigenvalue weighted by molar-refractivity contribution is -0.435. The largest absolute Gasteiger partial charge is 0.505 e. The van der Waals surface area contributed by atoms with Crippen LogP contribution in [0.25, 0.3) is 10.8 Å². The zero-order valence-electron chi connectivity index (χ0n) is 28.4. The first-order chi connectivity index (χ1) is 26.7. The molecule has 1 atom stereocenters. The SMILES string of the molecule is COc1cc(SOOCCS(=O)OOO)c(OC)cc1N=Nc1c(SOOO)cc2c(N=Nc3ccc(S(=O)(=O)CCOS(=O)(=O)O)cc3)c(N)ccc2c1O. The number of methoxy groups -OCH3 is 2. The minimum absolute atomic E-state index is 0.0444. The Bertz CT molecular complexity index is 2300. The van der Waals surface area contributed by atoms with Gasteiger partial charge >= 0.3 is 10.4 Å². The normalized spacial score (nSPS) is 12.9. The van der Waals surface area contributed by atoms with E-state index >= 15 is 0 Å². The fraction of sp³-hybridized carbons (Fsp3) is 0.214. The van der Waals surface area contributed by atoms with E-state index in [0.29, 0.717) is 16.9 Å². The zero-order chi connectivity index (χ0) is 40.9. The fourth-order valence-electron chi connectivity index (χ4n) is 4.31. The third-order valence-electron chi connectivity index (χ3n) is 6.77. The van der Waals surface area contributed by atoms with Gasteiger partial charge < -0.3 is 20.3 Å². The lowest BCUT2D eigenvalue weighted by atomic mass is 10.1. The van der Waals surface area contributed by atoms with Crippen LogP contribution in [0.15, 0.2) is 89.7 Å². The number of ether oxygens (including phenoxy) is 2. The van der Waals surface area contributed by atoms with Crippen LogP contribution in [0.5, 0.6) is 17.2 Å². The summed E-state index contributed by atoms with van der Waals surface area (Å²) in [5, 5.41) is 52.7. The van der Waals surface area contributed by atoms with Crippen molar-refractivity contribution in [3.63, 3.8) is 0 Å². The Labute approximate surface area is 327 Å². The Morgan fingerprint density at radius 3 is 2.14 bits per heavy atom. The fourth-order valence-corrected chi connectivity index (χ4v) is 7.19. The average molecular weight is 884 g/mol. The van der Waals surface area contributed by atoms with Crippen LogP contribution in [-0.4, -0.2) is 80.2 Å². The molecule has 0 aromatic heterocycles. The van der Waals surface area contributed by atoms with Crippen LogP contribution in [0.3, 0.4) is 0 Å². The van der Waals surface area contributed by atoms with Gasteiger partial charge in [-0.1, -0.05) is 10.1 Å². The maximum Gasteiger partial charge on any atom is 0.397 e. The second kappa shape index (κ2) is 20.9. The minimum atomic E-state index is -4.81. The molecule has 0 saturated carbocycles. The number of phenolic OH excluding ortho intramolecular Hbond substituents is 1. The predicted octanol–water partition coefficient (Wildman–Crippen LogP) is 6.04. The van der Waals surface area contributed by atoms with Crippen molar-refractivity contribution in [3.05, 3.63) is 54.6 Å². The second-order valence-electron chi connectivity index (χ2n) is 10.2. The van der Waals surface area contributed by atoms with Crippen molar-refractivity contribution in [2.45, 2.75) is 14.7 Å². The summed E-state index contributed by atoms with van der Waals surface area (Å²) in [7, 11) is -6.07. The van der Waals surface area contributed by atoms with E-state index in [-0.39, 0.29) is 72.9 Å². The van der Waals surface area contributed by atoms with Gasteiger partial charge in [-0.25, -0.2) is 32.2 Å². The van der Waals surface area contributed by atoms with E-state index in [1.165, 1.54) is 68.8 Å². The van der Waals surface area contributed by atoms with Gasteiger partial charge in [0.2, 0.25) is 0 Å². The molecule has 4 aromatic rings. The van der Waals surface area contributed by atoms with Gasteiger partial charge in [-0.2, -0.15) is 17.9 Å². The molecule has 1 unspecified atom stereocenters. The molecule has 0 bridgehead atoms. The maximum absolute atomic E-state index is 12.5. The number of azo groups is 2. The highest BCUT2D eigenvalue weighted by molar-refractivity contribution is 7.95. The van der Waals surface area contributed by atoms with Crippen molar-refractivity contribution in [1.29, 1.82) is 0 Å². The van der Waals surface area contributed by atoms with Crippen LogP contribution in [0, 0.1) is 0 Å². The van der Waals surface area contributed by atoms with Gasteiger partial charge in [0.15, 0.2) is 26.7 Å². The number of anilines is 1. The van der Waals surface area contributed by atoms with Crippen LogP contribution >= 0.6 is 24.1 Å². The number of aromatic hydroxyl groups is 1. The lowest BCUT2D eigenvalue weighted by Gasteiger charge is -2.13. The van der Waals surface area contributed by atoms with E-state index in [0.717, 1.165) is 12.0 Å². The van der Waals surface area contributed by atoms with Gasteiger partial charge in [-0.3, -0.25) is 4.55 Å². The predicted molar refractivity (Wildman–Crippen MR) is 195 cm³/mol. The highest BCUT2D eigenvalue weighted by Gasteiger charge is 2.20.